The highest BCUT2D eigenvalue weighted by atomic mass is 19.4. The van der Waals surface area contributed by atoms with Crippen LogP contribution in [0.15, 0.2) is 24.3 Å². The third kappa shape index (κ3) is 5.16. The molecule has 2 amide bonds. The first-order valence-corrected chi connectivity index (χ1v) is 6.50. The maximum absolute atomic E-state index is 12.1. The number of benzene rings is 1. The van der Waals surface area contributed by atoms with Gasteiger partial charge >= 0.3 is 12.4 Å². The van der Waals surface area contributed by atoms with Crippen LogP contribution in [0.5, 0.6) is 5.75 Å². The molecule has 0 aliphatic heterocycles. The minimum atomic E-state index is -4.76. The predicted octanol–water partition coefficient (Wildman–Crippen LogP) is 2.34. The Morgan fingerprint density at radius 2 is 2.13 bits per heavy atom. The number of halogens is 3. The van der Waals surface area contributed by atoms with Crippen molar-refractivity contribution in [1.29, 1.82) is 0 Å². The summed E-state index contributed by atoms with van der Waals surface area (Å²) in [6.45, 7) is 1.74. The Balaban J connectivity index is 1.90. The molecule has 1 aromatic carbocycles. The van der Waals surface area contributed by atoms with Crippen molar-refractivity contribution in [3.8, 4) is 5.75 Å². The number of rotatable bonds is 4. The molecular weight excluding hydrogens is 315 g/mol. The molecule has 0 saturated heterocycles. The average Bonchev–Trinajstić information content (AvgIpc) is 2.73. The number of nitrogens with zero attached hydrogens (tertiary/aromatic N) is 3. The van der Waals surface area contributed by atoms with Crippen molar-refractivity contribution in [2.75, 3.05) is 5.32 Å². The first-order chi connectivity index (χ1) is 10.7. The number of amides is 2. The maximum atomic E-state index is 12.1. The van der Waals surface area contributed by atoms with Crippen LogP contribution in [0.3, 0.4) is 0 Å². The minimum Gasteiger partial charge on any atom is -0.406 e. The standard InChI is InChI=1S/C13H14F3N5O2/c1-8-18-11(20-21(8)2)19-12(22)17-7-9-4-3-5-10(6-9)23-13(14,15)16/h3-6H,7H2,1-2H3,(H2,17,19,20,22). The Morgan fingerprint density at radius 1 is 1.39 bits per heavy atom. The van der Waals surface area contributed by atoms with E-state index in [0.29, 0.717) is 11.4 Å². The summed E-state index contributed by atoms with van der Waals surface area (Å²) in [6.07, 6.45) is -4.76. The van der Waals surface area contributed by atoms with E-state index in [1.165, 1.54) is 22.9 Å². The Bertz CT molecular complexity index is 680. The summed E-state index contributed by atoms with van der Waals surface area (Å²) < 4.78 is 41.7. The Labute approximate surface area is 129 Å². The van der Waals surface area contributed by atoms with Gasteiger partial charge in [-0.2, -0.15) is 4.98 Å². The number of urea groups is 1. The molecule has 2 rings (SSSR count). The SMILES string of the molecule is Cc1nc(NC(=O)NCc2cccc(OC(F)(F)F)c2)nn1C. The number of alkyl halides is 3. The number of ether oxygens (including phenoxy) is 1. The van der Waals surface area contributed by atoms with E-state index in [9.17, 15) is 18.0 Å². The van der Waals surface area contributed by atoms with E-state index < -0.39 is 12.4 Å². The quantitative estimate of drug-likeness (QED) is 0.902. The molecule has 0 atom stereocenters. The first-order valence-electron chi connectivity index (χ1n) is 6.50. The van der Waals surface area contributed by atoms with Crippen molar-refractivity contribution in [2.45, 2.75) is 19.8 Å². The van der Waals surface area contributed by atoms with Gasteiger partial charge in [-0.05, 0) is 24.6 Å². The molecule has 7 nitrogen and oxygen atoms in total. The van der Waals surface area contributed by atoms with E-state index in [4.69, 9.17) is 0 Å². The lowest BCUT2D eigenvalue weighted by Crippen LogP contribution is -2.28. The van der Waals surface area contributed by atoms with Gasteiger partial charge in [-0.15, -0.1) is 18.3 Å². The van der Waals surface area contributed by atoms with Crippen molar-refractivity contribution in [1.82, 2.24) is 20.1 Å². The van der Waals surface area contributed by atoms with Crippen molar-refractivity contribution >= 4 is 12.0 Å². The predicted molar refractivity (Wildman–Crippen MR) is 74.7 cm³/mol. The summed E-state index contributed by atoms with van der Waals surface area (Å²) in [5, 5.41) is 8.86. The van der Waals surface area contributed by atoms with E-state index >= 15 is 0 Å². The lowest BCUT2D eigenvalue weighted by Gasteiger charge is -2.10. The van der Waals surface area contributed by atoms with Gasteiger partial charge in [0, 0.05) is 13.6 Å². The van der Waals surface area contributed by atoms with Gasteiger partial charge in [-0.1, -0.05) is 12.1 Å². The largest absolute Gasteiger partial charge is 0.573 e. The van der Waals surface area contributed by atoms with E-state index in [1.54, 1.807) is 20.0 Å². The van der Waals surface area contributed by atoms with Gasteiger partial charge in [0.2, 0.25) is 5.95 Å². The van der Waals surface area contributed by atoms with Crippen LogP contribution in [-0.4, -0.2) is 27.2 Å². The Kier molecular flexibility index (Phi) is 4.72. The van der Waals surface area contributed by atoms with Crippen LogP contribution in [-0.2, 0) is 13.6 Å². The summed E-state index contributed by atoms with van der Waals surface area (Å²) in [5.41, 5.74) is 0.451. The van der Waals surface area contributed by atoms with Crippen LogP contribution in [0.25, 0.3) is 0 Å². The molecule has 1 heterocycles. The Morgan fingerprint density at radius 3 is 2.74 bits per heavy atom. The number of aromatic nitrogens is 3. The van der Waals surface area contributed by atoms with Crippen molar-refractivity contribution < 1.29 is 22.7 Å². The fourth-order valence-corrected chi connectivity index (χ4v) is 1.70. The van der Waals surface area contributed by atoms with Gasteiger partial charge in [-0.3, -0.25) is 10.00 Å². The molecule has 0 saturated carbocycles. The molecule has 23 heavy (non-hydrogen) atoms. The smallest absolute Gasteiger partial charge is 0.406 e. The molecule has 2 aromatic rings. The van der Waals surface area contributed by atoms with Gasteiger partial charge in [0.05, 0.1) is 0 Å². The lowest BCUT2D eigenvalue weighted by atomic mass is 10.2. The lowest BCUT2D eigenvalue weighted by molar-refractivity contribution is -0.274. The molecule has 0 radical (unpaired) electrons. The van der Waals surface area contributed by atoms with Crippen LogP contribution in [0.4, 0.5) is 23.9 Å². The second-order valence-electron chi connectivity index (χ2n) is 4.61. The number of carbonyl (C=O) groups excluding carboxylic acids is 1. The fourth-order valence-electron chi connectivity index (χ4n) is 1.70. The molecule has 124 valence electrons. The van der Waals surface area contributed by atoms with Crippen LogP contribution >= 0.6 is 0 Å². The van der Waals surface area contributed by atoms with Crippen molar-refractivity contribution in [3.05, 3.63) is 35.7 Å². The fraction of sp³-hybridized carbons (Fsp3) is 0.308. The highest BCUT2D eigenvalue weighted by molar-refractivity contribution is 5.87. The van der Waals surface area contributed by atoms with Gasteiger partial charge < -0.3 is 10.1 Å². The van der Waals surface area contributed by atoms with E-state index in [1.807, 2.05) is 0 Å². The van der Waals surface area contributed by atoms with Gasteiger partial charge in [0.15, 0.2) is 0 Å². The number of hydrogen-bond donors (Lipinski definition) is 2. The van der Waals surface area contributed by atoms with Crippen molar-refractivity contribution in [3.63, 3.8) is 0 Å². The topological polar surface area (TPSA) is 81.1 Å². The normalized spacial score (nSPS) is 11.2. The summed E-state index contributed by atoms with van der Waals surface area (Å²) in [7, 11) is 1.68. The zero-order valence-electron chi connectivity index (χ0n) is 12.3. The molecule has 0 unspecified atom stereocenters. The van der Waals surface area contributed by atoms with E-state index in [0.717, 1.165) is 0 Å². The second-order valence-corrected chi connectivity index (χ2v) is 4.61. The molecule has 0 spiro atoms. The first kappa shape index (κ1) is 16.6. The number of nitrogens with one attached hydrogen (secondary N) is 2. The van der Waals surface area contributed by atoms with Crippen LogP contribution in [0.2, 0.25) is 0 Å². The number of carbonyl (C=O) groups is 1. The highest BCUT2D eigenvalue weighted by Crippen LogP contribution is 2.23. The van der Waals surface area contributed by atoms with E-state index in [-0.39, 0.29) is 18.2 Å². The minimum absolute atomic E-state index is 0.0205. The highest BCUT2D eigenvalue weighted by Gasteiger charge is 2.31. The number of hydrogen-bond acceptors (Lipinski definition) is 4. The molecule has 1 aromatic heterocycles. The molecule has 10 heteroatoms. The maximum Gasteiger partial charge on any atom is 0.573 e. The van der Waals surface area contributed by atoms with Crippen LogP contribution in [0.1, 0.15) is 11.4 Å². The molecule has 0 fully saturated rings. The summed E-state index contributed by atoms with van der Waals surface area (Å²) in [4.78, 5) is 15.7. The number of aryl methyl sites for hydroxylation is 2. The molecule has 0 bridgehead atoms. The molecule has 2 N–H and O–H groups in total. The second kappa shape index (κ2) is 6.55. The third-order valence-corrected chi connectivity index (χ3v) is 2.79. The third-order valence-electron chi connectivity index (χ3n) is 2.79. The summed E-state index contributed by atoms with van der Waals surface area (Å²) >= 11 is 0. The zero-order valence-corrected chi connectivity index (χ0v) is 12.3. The number of anilines is 1. The molecule has 0 aliphatic rings. The van der Waals surface area contributed by atoms with Crippen molar-refractivity contribution in [2.24, 2.45) is 7.05 Å². The monoisotopic (exact) mass is 329 g/mol. The Hall–Kier alpha value is -2.78. The summed E-state index contributed by atoms with van der Waals surface area (Å²) in [6, 6.07) is 4.76. The molecular formula is C13H14F3N5O2. The van der Waals surface area contributed by atoms with Gasteiger partial charge in [-0.25, -0.2) is 4.79 Å². The van der Waals surface area contributed by atoms with Gasteiger partial charge in [0.25, 0.3) is 0 Å². The van der Waals surface area contributed by atoms with E-state index in [2.05, 4.69) is 25.5 Å². The van der Waals surface area contributed by atoms with Gasteiger partial charge in [0.1, 0.15) is 11.6 Å². The van der Waals surface area contributed by atoms with Crippen LogP contribution < -0.4 is 15.4 Å². The average molecular weight is 329 g/mol. The summed E-state index contributed by atoms with van der Waals surface area (Å²) in [5.74, 6) is 0.410. The zero-order chi connectivity index (χ0) is 17.0. The molecule has 0 aliphatic carbocycles. The van der Waals surface area contributed by atoms with Crippen LogP contribution in [0, 0.1) is 6.92 Å².